The third-order valence-electron chi connectivity index (χ3n) is 4.18. The predicted octanol–water partition coefficient (Wildman–Crippen LogP) is 5.59. The average molecular weight is 318 g/mol. The van der Waals surface area contributed by atoms with Crippen LogP contribution < -0.4 is 5.32 Å². The van der Waals surface area contributed by atoms with E-state index in [0.717, 1.165) is 5.92 Å². The first-order valence-corrected chi connectivity index (χ1v) is 7.97. The van der Waals surface area contributed by atoms with E-state index in [2.05, 4.69) is 64.6 Å². The summed E-state index contributed by atoms with van der Waals surface area (Å²) in [6, 6.07) is 13.4. The molecule has 1 aliphatic carbocycles. The fourth-order valence-electron chi connectivity index (χ4n) is 2.94. The first kappa shape index (κ1) is 13.0. The molecule has 2 heteroatoms. The minimum absolute atomic E-state index is 0.551. The van der Waals surface area contributed by atoms with Gasteiger partial charge >= 0.3 is 0 Å². The molecule has 19 heavy (non-hydrogen) atoms. The van der Waals surface area contributed by atoms with Gasteiger partial charge in [0.2, 0.25) is 0 Å². The van der Waals surface area contributed by atoms with Crippen LogP contribution in [0.1, 0.15) is 32.6 Å². The van der Waals surface area contributed by atoms with E-state index >= 15 is 0 Å². The molecule has 2 aromatic rings. The molecule has 1 atom stereocenters. The van der Waals surface area contributed by atoms with Crippen molar-refractivity contribution in [3.63, 3.8) is 0 Å². The number of nitrogens with one attached hydrogen (secondary N) is 1. The van der Waals surface area contributed by atoms with Gasteiger partial charge in [0.05, 0.1) is 0 Å². The van der Waals surface area contributed by atoms with Gasteiger partial charge in [-0.3, -0.25) is 0 Å². The summed E-state index contributed by atoms with van der Waals surface area (Å²) in [5.41, 5.74) is 1.26. The van der Waals surface area contributed by atoms with Crippen molar-refractivity contribution < 1.29 is 0 Å². The Morgan fingerprint density at radius 1 is 1.16 bits per heavy atom. The highest BCUT2D eigenvalue weighted by atomic mass is 79.9. The molecule has 0 bridgehead atoms. The zero-order chi connectivity index (χ0) is 13.2. The quantitative estimate of drug-likeness (QED) is 0.774. The fraction of sp³-hybridized carbons (Fsp3) is 0.412. The summed E-state index contributed by atoms with van der Waals surface area (Å²) in [6.07, 6.45) is 5.57. The van der Waals surface area contributed by atoms with Crippen LogP contribution in [0.15, 0.2) is 40.9 Å². The van der Waals surface area contributed by atoms with Gasteiger partial charge in [-0.15, -0.1) is 0 Å². The normalized spacial score (nSPS) is 17.2. The zero-order valence-electron chi connectivity index (χ0n) is 11.3. The van der Waals surface area contributed by atoms with Gasteiger partial charge in [0, 0.05) is 21.6 Å². The van der Waals surface area contributed by atoms with Crippen LogP contribution in [0.25, 0.3) is 10.8 Å². The number of benzene rings is 2. The van der Waals surface area contributed by atoms with E-state index < -0.39 is 0 Å². The van der Waals surface area contributed by atoms with E-state index in [1.54, 1.807) is 0 Å². The highest BCUT2D eigenvalue weighted by Gasteiger charge is 2.20. The van der Waals surface area contributed by atoms with Gasteiger partial charge in [0.1, 0.15) is 0 Å². The maximum atomic E-state index is 3.69. The summed E-state index contributed by atoms with van der Waals surface area (Å²) < 4.78 is 1.17. The standard InChI is InChI=1S/C17H20BrN/c1-12(11-13-5-4-6-13)19-17-10-9-16(18)14-7-2-3-8-15(14)17/h2-3,7-10,12-13,19H,4-6,11H2,1H3. The molecular weight excluding hydrogens is 298 g/mol. The molecule has 0 aromatic heterocycles. The molecule has 0 aliphatic heterocycles. The van der Waals surface area contributed by atoms with Crippen molar-refractivity contribution in [2.75, 3.05) is 5.32 Å². The minimum Gasteiger partial charge on any atom is -0.382 e. The van der Waals surface area contributed by atoms with Crippen LogP contribution in [0, 0.1) is 5.92 Å². The summed E-state index contributed by atoms with van der Waals surface area (Å²) in [6.45, 7) is 2.30. The van der Waals surface area contributed by atoms with Crippen molar-refractivity contribution in [2.45, 2.75) is 38.6 Å². The molecule has 1 N–H and O–H groups in total. The molecule has 100 valence electrons. The molecular formula is C17H20BrN. The average Bonchev–Trinajstić information content (AvgIpc) is 2.38. The largest absolute Gasteiger partial charge is 0.382 e. The van der Waals surface area contributed by atoms with Crippen LogP contribution in [0.2, 0.25) is 0 Å². The second-order valence-corrected chi connectivity index (χ2v) is 6.57. The number of fused-ring (bicyclic) bond motifs is 1. The molecule has 0 spiro atoms. The summed E-state index contributed by atoms with van der Waals surface area (Å²) in [5.74, 6) is 0.948. The third-order valence-corrected chi connectivity index (χ3v) is 4.88. The maximum absolute atomic E-state index is 3.69. The van der Waals surface area contributed by atoms with E-state index in [9.17, 15) is 0 Å². The van der Waals surface area contributed by atoms with E-state index in [-0.39, 0.29) is 0 Å². The Morgan fingerprint density at radius 2 is 1.89 bits per heavy atom. The van der Waals surface area contributed by atoms with E-state index in [1.807, 2.05) is 0 Å². The second-order valence-electron chi connectivity index (χ2n) is 5.72. The van der Waals surface area contributed by atoms with Crippen molar-refractivity contribution in [3.8, 4) is 0 Å². The molecule has 1 saturated carbocycles. The monoisotopic (exact) mass is 317 g/mol. The van der Waals surface area contributed by atoms with Gasteiger partial charge in [0.15, 0.2) is 0 Å². The molecule has 1 unspecified atom stereocenters. The molecule has 0 saturated heterocycles. The Hall–Kier alpha value is -1.02. The van der Waals surface area contributed by atoms with Crippen LogP contribution >= 0.6 is 15.9 Å². The number of hydrogen-bond donors (Lipinski definition) is 1. The van der Waals surface area contributed by atoms with Crippen LogP contribution in [-0.2, 0) is 0 Å². The predicted molar refractivity (Wildman–Crippen MR) is 86.7 cm³/mol. The first-order valence-electron chi connectivity index (χ1n) is 7.18. The number of hydrogen-bond acceptors (Lipinski definition) is 1. The molecule has 1 aliphatic rings. The second kappa shape index (κ2) is 5.54. The third kappa shape index (κ3) is 2.79. The van der Waals surface area contributed by atoms with Crippen LogP contribution in [0.5, 0.6) is 0 Å². The summed E-state index contributed by atoms with van der Waals surface area (Å²) >= 11 is 3.63. The van der Waals surface area contributed by atoms with Gasteiger partial charge in [-0.25, -0.2) is 0 Å². The van der Waals surface area contributed by atoms with Crippen molar-refractivity contribution >= 4 is 32.4 Å². The van der Waals surface area contributed by atoms with Crippen molar-refractivity contribution in [2.24, 2.45) is 5.92 Å². The fourth-order valence-corrected chi connectivity index (χ4v) is 3.42. The van der Waals surface area contributed by atoms with Crippen LogP contribution in [-0.4, -0.2) is 6.04 Å². The lowest BCUT2D eigenvalue weighted by Gasteiger charge is -2.29. The lowest BCUT2D eigenvalue weighted by atomic mass is 9.81. The molecule has 3 rings (SSSR count). The zero-order valence-corrected chi connectivity index (χ0v) is 12.9. The van der Waals surface area contributed by atoms with E-state index in [4.69, 9.17) is 0 Å². The van der Waals surface area contributed by atoms with Crippen LogP contribution in [0.4, 0.5) is 5.69 Å². The smallest absolute Gasteiger partial charge is 0.0422 e. The molecule has 1 fully saturated rings. The Morgan fingerprint density at radius 3 is 2.58 bits per heavy atom. The van der Waals surface area contributed by atoms with Gasteiger partial charge < -0.3 is 5.32 Å². The van der Waals surface area contributed by atoms with Crippen molar-refractivity contribution in [1.82, 2.24) is 0 Å². The summed E-state index contributed by atoms with van der Waals surface area (Å²) in [4.78, 5) is 0. The van der Waals surface area contributed by atoms with Gasteiger partial charge in [-0.05, 0) is 36.8 Å². The minimum atomic E-state index is 0.551. The Labute approximate surface area is 123 Å². The van der Waals surface area contributed by atoms with Gasteiger partial charge in [-0.1, -0.05) is 59.5 Å². The summed E-state index contributed by atoms with van der Waals surface area (Å²) in [7, 11) is 0. The summed E-state index contributed by atoms with van der Waals surface area (Å²) in [5, 5.41) is 6.27. The number of halogens is 1. The highest BCUT2D eigenvalue weighted by Crippen LogP contribution is 2.33. The number of anilines is 1. The van der Waals surface area contributed by atoms with Gasteiger partial charge in [0.25, 0.3) is 0 Å². The molecule has 1 nitrogen and oxygen atoms in total. The Kier molecular flexibility index (Phi) is 3.79. The lowest BCUT2D eigenvalue weighted by Crippen LogP contribution is -2.23. The van der Waals surface area contributed by atoms with E-state index in [1.165, 1.54) is 46.6 Å². The Balaban J connectivity index is 1.82. The lowest BCUT2D eigenvalue weighted by molar-refractivity contribution is 0.286. The topological polar surface area (TPSA) is 12.0 Å². The van der Waals surface area contributed by atoms with Crippen LogP contribution in [0.3, 0.4) is 0 Å². The number of rotatable bonds is 4. The van der Waals surface area contributed by atoms with Crippen molar-refractivity contribution in [3.05, 3.63) is 40.9 Å². The van der Waals surface area contributed by atoms with E-state index in [0.29, 0.717) is 6.04 Å². The van der Waals surface area contributed by atoms with Gasteiger partial charge in [-0.2, -0.15) is 0 Å². The molecule has 0 radical (unpaired) electrons. The Bertz CT molecular complexity index is 574. The van der Waals surface area contributed by atoms with Crippen molar-refractivity contribution in [1.29, 1.82) is 0 Å². The molecule has 2 aromatic carbocycles. The molecule has 0 amide bonds. The SMILES string of the molecule is CC(CC1CCC1)Nc1ccc(Br)c2ccccc12. The maximum Gasteiger partial charge on any atom is 0.0422 e. The highest BCUT2D eigenvalue weighted by molar-refractivity contribution is 9.10. The molecule has 0 heterocycles. The first-order chi connectivity index (χ1) is 9.24.